The molecule has 0 fully saturated rings. The molecule has 0 saturated heterocycles. The van der Waals surface area contributed by atoms with Gasteiger partial charge in [-0.2, -0.15) is 0 Å². The first-order valence-electron chi connectivity index (χ1n) is 7.49. The molecule has 0 aliphatic heterocycles. The molecule has 1 aromatic carbocycles. The summed E-state index contributed by atoms with van der Waals surface area (Å²) in [6.45, 7) is 10.5. The molecule has 0 radical (unpaired) electrons. The lowest BCUT2D eigenvalue weighted by Gasteiger charge is -2.27. The molecule has 4 heteroatoms. The van der Waals surface area contributed by atoms with Crippen molar-refractivity contribution < 1.29 is 14.6 Å². The molecule has 4 nitrogen and oxygen atoms in total. The van der Waals surface area contributed by atoms with E-state index in [1.54, 1.807) is 7.11 Å². The average molecular weight is 295 g/mol. The highest BCUT2D eigenvalue weighted by Crippen LogP contribution is 2.26. The Balaban J connectivity index is 2.30. The smallest absolute Gasteiger partial charge is 0.161 e. The highest BCUT2D eigenvalue weighted by atomic mass is 16.5. The van der Waals surface area contributed by atoms with E-state index in [2.05, 4.69) is 33.0 Å². The molecule has 0 saturated carbocycles. The van der Waals surface area contributed by atoms with Gasteiger partial charge in [-0.25, -0.2) is 0 Å². The van der Waals surface area contributed by atoms with E-state index in [-0.39, 0.29) is 12.0 Å². The van der Waals surface area contributed by atoms with Crippen molar-refractivity contribution in [3.05, 3.63) is 24.3 Å². The molecule has 2 unspecified atom stereocenters. The third kappa shape index (κ3) is 6.36. The predicted molar refractivity (Wildman–Crippen MR) is 86.0 cm³/mol. The minimum absolute atomic E-state index is 0.247. The summed E-state index contributed by atoms with van der Waals surface area (Å²) in [5.41, 5.74) is 0.270. The largest absolute Gasteiger partial charge is 0.493 e. The second-order valence-electron chi connectivity index (χ2n) is 6.54. The van der Waals surface area contributed by atoms with Crippen LogP contribution in [0.15, 0.2) is 24.3 Å². The van der Waals surface area contributed by atoms with E-state index < -0.39 is 6.10 Å². The molecule has 0 spiro atoms. The Hall–Kier alpha value is -1.26. The first-order valence-corrected chi connectivity index (χ1v) is 7.49. The van der Waals surface area contributed by atoms with Crippen LogP contribution in [0.4, 0.5) is 0 Å². The molecule has 0 aromatic heterocycles. The maximum Gasteiger partial charge on any atom is 0.161 e. The molecule has 1 aromatic rings. The Kier molecular flexibility index (Phi) is 6.99. The number of ether oxygens (including phenoxy) is 2. The van der Waals surface area contributed by atoms with E-state index in [9.17, 15) is 5.11 Å². The van der Waals surface area contributed by atoms with Gasteiger partial charge < -0.3 is 19.9 Å². The van der Waals surface area contributed by atoms with Crippen molar-refractivity contribution in [1.29, 1.82) is 0 Å². The molecular formula is C17H29NO3. The molecule has 21 heavy (non-hydrogen) atoms. The van der Waals surface area contributed by atoms with Gasteiger partial charge in [0.25, 0.3) is 0 Å². The van der Waals surface area contributed by atoms with Crippen molar-refractivity contribution in [2.24, 2.45) is 11.3 Å². The fourth-order valence-corrected chi connectivity index (χ4v) is 1.76. The lowest BCUT2D eigenvalue weighted by molar-refractivity contribution is 0.102. The average Bonchev–Trinajstić information content (AvgIpc) is 2.44. The molecule has 0 aliphatic rings. The lowest BCUT2D eigenvalue weighted by Crippen LogP contribution is -2.36. The molecule has 2 N–H and O–H groups in total. The predicted octanol–water partition coefficient (Wildman–Crippen LogP) is 2.71. The first-order chi connectivity index (χ1) is 9.84. The summed E-state index contributed by atoms with van der Waals surface area (Å²) in [6, 6.07) is 7.44. The number of methoxy groups -OCH3 is 1. The van der Waals surface area contributed by atoms with Crippen LogP contribution in [0.25, 0.3) is 0 Å². The highest BCUT2D eigenvalue weighted by Gasteiger charge is 2.19. The number of hydrogen-bond donors (Lipinski definition) is 2. The lowest BCUT2D eigenvalue weighted by atomic mass is 9.82. The van der Waals surface area contributed by atoms with E-state index >= 15 is 0 Å². The van der Waals surface area contributed by atoms with Crippen LogP contribution < -0.4 is 14.8 Å². The first kappa shape index (κ1) is 17.8. The fourth-order valence-electron chi connectivity index (χ4n) is 1.76. The van der Waals surface area contributed by atoms with Crippen molar-refractivity contribution in [2.45, 2.75) is 33.8 Å². The van der Waals surface area contributed by atoms with Gasteiger partial charge in [0, 0.05) is 6.54 Å². The SMILES string of the molecule is COc1ccccc1OCC(O)CNCC(C)C(C)(C)C. The topological polar surface area (TPSA) is 50.7 Å². The number of rotatable bonds is 8. The van der Waals surface area contributed by atoms with Gasteiger partial charge in [0.2, 0.25) is 0 Å². The molecule has 0 heterocycles. The van der Waals surface area contributed by atoms with Crippen LogP contribution in [-0.4, -0.2) is 38.0 Å². The molecule has 0 amide bonds. The van der Waals surface area contributed by atoms with Crippen LogP contribution in [-0.2, 0) is 0 Å². The Morgan fingerprint density at radius 3 is 2.33 bits per heavy atom. The maximum absolute atomic E-state index is 9.96. The molecule has 120 valence electrons. The second kappa shape index (κ2) is 8.25. The van der Waals surface area contributed by atoms with Crippen molar-refractivity contribution in [3.63, 3.8) is 0 Å². The third-order valence-corrected chi connectivity index (χ3v) is 3.81. The monoisotopic (exact) mass is 295 g/mol. The number of benzene rings is 1. The number of aliphatic hydroxyl groups excluding tert-OH is 1. The van der Waals surface area contributed by atoms with Crippen LogP contribution in [0.1, 0.15) is 27.7 Å². The summed E-state index contributed by atoms with van der Waals surface area (Å²) in [6.07, 6.45) is -0.540. The summed E-state index contributed by atoms with van der Waals surface area (Å²) in [5.74, 6) is 1.88. The van der Waals surface area contributed by atoms with Crippen molar-refractivity contribution in [1.82, 2.24) is 5.32 Å². The molecule has 0 aliphatic carbocycles. The van der Waals surface area contributed by atoms with Crippen LogP contribution in [0.3, 0.4) is 0 Å². The maximum atomic E-state index is 9.96. The normalized spacial score (nSPS) is 14.6. The third-order valence-electron chi connectivity index (χ3n) is 3.81. The summed E-state index contributed by atoms with van der Waals surface area (Å²) >= 11 is 0. The standard InChI is InChI=1S/C17H29NO3/c1-13(17(2,3)4)10-18-11-14(19)12-21-16-9-7-6-8-15(16)20-5/h6-9,13-14,18-19H,10-12H2,1-5H3. The van der Waals surface area contributed by atoms with Gasteiger partial charge in [0.15, 0.2) is 11.5 Å². The molecular weight excluding hydrogens is 266 g/mol. The number of para-hydroxylation sites is 2. The quantitative estimate of drug-likeness (QED) is 0.774. The van der Waals surface area contributed by atoms with Gasteiger partial charge in [-0.05, 0) is 30.0 Å². The zero-order valence-corrected chi connectivity index (χ0v) is 13.8. The van der Waals surface area contributed by atoms with Crippen LogP contribution in [0.5, 0.6) is 11.5 Å². The fraction of sp³-hybridized carbons (Fsp3) is 0.647. The highest BCUT2D eigenvalue weighted by molar-refractivity contribution is 5.39. The summed E-state index contributed by atoms with van der Waals surface area (Å²) in [4.78, 5) is 0. The number of nitrogens with one attached hydrogen (secondary N) is 1. The number of hydrogen-bond acceptors (Lipinski definition) is 4. The summed E-state index contributed by atoms with van der Waals surface area (Å²) in [5, 5.41) is 13.3. The Bertz CT molecular complexity index is 415. The van der Waals surface area contributed by atoms with Crippen LogP contribution >= 0.6 is 0 Å². The molecule has 0 bridgehead atoms. The Morgan fingerprint density at radius 2 is 1.76 bits per heavy atom. The minimum atomic E-state index is -0.540. The minimum Gasteiger partial charge on any atom is -0.493 e. The van der Waals surface area contributed by atoms with Gasteiger partial charge in [-0.1, -0.05) is 39.8 Å². The summed E-state index contributed by atoms with van der Waals surface area (Å²) < 4.78 is 10.8. The zero-order chi connectivity index (χ0) is 15.9. The van der Waals surface area contributed by atoms with Gasteiger partial charge in [-0.3, -0.25) is 0 Å². The van der Waals surface area contributed by atoms with Gasteiger partial charge in [0.1, 0.15) is 12.7 Å². The van der Waals surface area contributed by atoms with E-state index in [0.29, 0.717) is 24.0 Å². The van der Waals surface area contributed by atoms with Crippen molar-refractivity contribution in [3.8, 4) is 11.5 Å². The van der Waals surface area contributed by atoms with Crippen molar-refractivity contribution >= 4 is 0 Å². The van der Waals surface area contributed by atoms with Gasteiger partial charge >= 0.3 is 0 Å². The molecule has 1 rings (SSSR count). The van der Waals surface area contributed by atoms with E-state index in [1.807, 2.05) is 24.3 Å². The number of aliphatic hydroxyl groups is 1. The van der Waals surface area contributed by atoms with Crippen LogP contribution in [0, 0.1) is 11.3 Å². The van der Waals surface area contributed by atoms with E-state index in [4.69, 9.17) is 9.47 Å². The van der Waals surface area contributed by atoms with E-state index in [1.165, 1.54) is 0 Å². The van der Waals surface area contributed by atoms with Gasteiger partial charge in [-0.15, -0.1) is 0 Å². The van der Waals surface area contributed by atoms with E-state index in [0.717, 1.165) is 6.54 Å². The Labute approximate surface area is 128 Å². The summed E-state index contributed by atoms with van der Waals surface area (Å²) in [7, 11) is 1.61. The van der Waals surface area contributed by atoms with Crippen LogP contribution in [0.2, 0.25) is 0 Å². The Morgan fingerprint density at radius 1 is 1.14 bits per heavy atom. The molecule has 2 atom stereocenters. The van der Waals surface area contributed by atoms with Crippen molar-refractivity contribution in [2.75, 3.05) is 26.8 Å². The zero-order valence-electron chi connectivity index (χ0n) is 13.8. The second-order valence-corrected chi connectivity index (χ2v) is 6.54. The van der Waals surface area contributed by atoms with Gasteiger partial charge in [0.05, 0.1) is 7.11 Å².